The van der Waals surface area contributed by atoms with E-state index in [0.29, 0.717) is 17.4 Å². The van der Waals surface area contributed by atoms with Gasteiger partial charge in [0.25, 0.3) is 5.91 Å². The molecule has 12 heteroatoms. The number of hydrogen-bond donors (Lipinski definition) is 2. The second-order valence-electron chi connectivity index (χ2n) is 8.84. The number of carbonyl (C=O) groups is 1. The predicted molar refractivity (Wildman–Crippen MR) is 136 cm³/mol. The summed E-state index contributed by atoms with van der Waals surface area (Å²) in [5, 5.41) is 21.8. The highest BCUT2D eigenvalue weighted by Gasteiger charge is 2.38. The Labute approximate surface area is 223 Å². The third-order valence-electron chi connectivity index (χ3n) is 5.63. The van der Waals surface area contributed by atoms with Gasteiger partial charge in [0.1, 0.15) is 5.75 Å². The van der Waals surface area contributed by atoms with E-state index >= 15 is 0 Å². The van der Waals surface area contributed by atoms with Crippen molar-refractivity contribution in [2.45, 2.75) is 30.0 Å². The highest BCUT2D eigenvalue weighted by Crippen LogP contribution is 2.34. The zero-order chi connectivity index (χ0) is 28.8. The predicted octanol–water partition coefficient (Wildman–Crippen LogP) is 4.31. The van der Waals surface area contributed by atoms with E-state index in [0.717, 1.165) is 24.6 Å². The van der Waals surface area contributed by atoms with E-state index in [1.807, 2.05) is 0 Å². The van der Waals surface area contributed by atoms with Crippen LogP contribution in [0.5, 0.6) is 5.75 Å². The van der Waals surface area contributed by atoms with Gasteiger partial charge in [0.15, 0.2) is 22.2 Å². The molecule has 1 atom stereocenters. The van der Waals surface area contributed by atoms with Crippen LogP contribution >= 0.6 is 0 Å². The number of amides is 1. The minimum Gasteiger partial charge on any atom is -0.468 e. The molecular formula is C27H25F3N2O6S. The Morgan fingerprint density at radius 2 is 1.74 bits per heavy atom. The number of nitrogens with one attached hydrogen (secondary N) is 1. The molecule has 0 saturated heterocycles. The number of hydrogen-bond acceptors (Lipinski definition) is 7. The number of anilines is 1. The van der Waals surface area contributed by atoms with Crippen LogP contribution in [0.25, 0.3) is 0 Å². The molecule has 206 valence electrons. The van der Waals surface area contributed by atoms with Crippen molar-refractivity contribution >= 4 is 21.4 Å². The van der Waals surface area contributed by atoms with Gasteiger partial charge in [-0.3, -0.25) is 4.79 Å². The summed E-state index contributed by atoms with van der Waals surface area (Å²) in [7, 11) is -2.75. The first-order valence-corrected chi connectivity index (χ1v) is 13.1. The molecule has 39 heavy (non-hydrogen) atoms. The standard InChI is InChI=1S/C27H25F3N2O6S/c1-26(34,25(33)32-21-10-9-20(15-31)23(14-21)27(28,29)30)16-39(35,36)24-6-4-3-5-19(24)13-18-7-11-22(12-8-18)38-17-37-2/h3-12,14,34H,13,16-17H2,1-2H3,(H,32,33). The minimum absolute atomic E-state index is 0.0720. The fourth-order valence-electron chi connectivity index (χ4n) is 3.74. The number of sulfone groups is 1. The zero-order valence-corrected chi connectivity index (χ0v) is 21.8. The van der Waals surface area contributed by atoms with Gasteiger partial charge in [0.2, 0.25) is 0 Å². The number of ether oxygens (including phenoxy) is 2. The lowest BCUT2D eigenvalue weighted by molar-refractivity contribution is -0.137. The second-order valence-corrected chi connectivity index (χ2v) is 10.8. The second kappa shape index (κ2) is 11.9. The molecule has 3 aromatic carbocycles. The molecule has 2 N–H and O–H groups in total. The molecule has 0 aliphatic heterocycles. The molecule has 3 rings (SSSR count). The number of nitriles is 1. The Hall–Kier alpha value is -3.92. The smallest absolute Gasteiger partial charge is 0.417 e. The summed E-state index contributed by atoms with van der Waals surface area (Å²) in [6, 6.07) is 16.9. The minimum atomic E-state index is -4.86. The van der Waals surface area contributed by atoms with Crippen LogP contribution in [0.1, 0.15) is 29.2 Å². The highest BCUT2D eigenvalue weighted by atomic mass is 32.2. The topological polar surface area (TPSA) is 126 Å². The number of halogens is 3. The number of aliphatic hydroxyl groups is 1. The number of carbonyl (C=O) groups excluding carboxylic acids is 1. The summed E-state index contributed by atoms with van der Waals surface area (Å²) in [5.41, 5.74) is -3.60. The average Bonchev–Trinajstić information content (AvgIpc) is 2.87. The summed E-state index contributed by atoms with van der Waals surface area (Å²) in [4.78, 5) is 12.6. The lowest BCUT2D eigenvalue weighted by Crippen LogP contribution is -2.46. The van der Waals surface area contributed by atoms with Gasteiger partial charge in [-0.15, -0.1) is 0 Å². The maximum atomic E-state index is 13.3. The van der Waals surface area contributed by atoms with Crippen LogP contribution in [0.3, 0.4) is 0 Å². The van der Waals surface area contributed by atoms with Gasteiger partial charge in [-0.25, -0.2) is 8.42 Å². The number of methoxy groups -OCH3 is 1. The Balaban J connectivity index is 1.80. The Morgan fingerprint density at radius 3 is 2.36 bits per heavy atom. The Bertz CT molecular complexity index is 1480. The van der Waals surface area contributed by atoms with E-state index in [1.165, 1.54) is 25.3 Å². The third-order valence-corrected chi connectivity index (χ3v) is 7.64. The van der Waals surface area contributed by atoms with Crippen LogP contribution < -0.4 is 10.1 Å². The maximum Gasteiger partial charge on any atom is 0.417 e. The maximum absolute atomic E-state index is 13.3. The van der Waals surface area contributed by atoms with E-state index in [4.69, 9.17) is 14.7 Å². The van der Waals surface area contributed by atoms with Crippen molar-refractivity contribution in [2.75, 3.05) is 25.0 Å². The third kappa shape index (κ3) is 7.57. The van der Waals surface area contributed by atoms with Gasteiger partial charge >= 0.3 is 6.18 Å². The molecule has 1 unspecified atom stereocenters. The SMILES string of the molecule is COCOc1ccc(Cc2ccccc2S(=O)(=O)CC(C)(O)C(=O)Nc2ccc(C#N)c(C(F)(F)F)c2)cc1. The summed E-state index contributed by atoms with van der Waals surface area (Å²) in [6.45, 7) is 1.03. The van der Waals surface area contributed by atoms with Gasteiger partial charge in [-0.2, -0.15) is 18.4 Å². The summed E-state index contributed by atoms with van der Waals surface area (Å²) in [6.07, 6.45) is -4.64. The van der Waals surface area contributed by atoms with Crippen molar-refractivity contribution < 1.29 is 41.0 Å². The van der Waals surface area contributed by atoms with Crippen LogP contribution in [-0.4, -0.2) is 44.7 Å². The molecule has 8 nitrogen and oxygen atoms in total. The largest absolute Gasteiger partial charge is 0.468 e. The number of nitrogens with zero attached hydrogens (tertiary/aromatic N) is 1. The van der Waals surface area contributed by atoms with Crippen molar-refractivity contribution in [3.63, 3.8) is 0 Å². The molecule has 0 heterocycles. The quantitative estimate of drug-likeness (QED) is 0.353. The molecule has 0 fully saturated rings. The van der Waals surface area contributed by atoms with E-state index in [1.54, 1.807) is 36.4 Å². The van der Waals surface area contributed by atoms with Crippen LogP contribution in [0.15, 0.2) is 71.6 Å². The van der Waals surface area contributed by atoms with Gasteiger partial charge in [0.05, 0.1) is 27.8 Å². The van der Waals surface area contributed by atoms with Crippen LogP contribution in [0.2, 0.25) is 0 Å². The zero-order valence-electron chi connectivity index (χ0n) is 20.9. The number of alkyl halides is 3. The van der Waals surface area contributed by atoms with Gasteiger partial charge in [-0.1, -0.05) is 30.3 Å². The lowest BCUT2D eigenvalue weighted by Gasteiger charge is -2.23. The van der Waals surface area contributed by atoms with Crippen molar-refractivity contribution in [3.05, 3.63) is 89.0 Å². The molecule has 0 radical (unpaired) electrons. The number of benzene rings is 3. The molecule has 1 amide bonds. The molecular weight excluding hydrogens is 537 g/mol. The van der Waals surface area contributed by atoms with Crippen molar-refractivity contribution in [3.8, 4) is 11.8 Å². The monoisotopic (exact) mass is 562 g/mol. The van der Waals surface area contributed by atoms with Gasteiger partial charge in [-0.05, 0) is 60.9 Å². The van der Waals surface area contributed by atoms with Gasteiger partial charge in [0, 0.05) is 12.8 Å². The van der Waals surface area contributed by atoms with Crippen LogP contribution in [0.4, 0.5) is 18.9 Å². The normalized spacial score (nSPS) is 13.3. The molecule has 0 spiro atoms. The van der Waals surface area contributed by atoms with Crippen molar-refractivity contribution in [2.24, 2.45) is 0 Å². The van der Waals surface area contributed by atoms with Gasteiger partial charge < -0.3 is 19.9 Å². The summed E-state index contributed by atoms with van der Waals surface area (Å²) >= 11 is 0. The van der Waals surface area contributed by atoms with Crippen LogP contribution in [-0.2, 0) is 32.0 Å². The van der Waals surface area contributed by atoms with E-state index in [9.17, 15) is 31.5 Å². The van der Waals surface area contributed by atoms with Crippen molar-refractivity contribution in [1.29, 1.82) is 5.26 Å². The Morgan fingerprint density at radius 1 is 1.08 bits per heavy atom. The Kier molecular flexibility index (Phi) is 9.01. The fourth-order valence-corrected chi connectivity index (χ4v) is 5.59. The first-order chi connectivity index (χ1) is 18.3. The van der Waals surface area contributed by atoms with Crippen LogP contribution in [0, 0.1) is 11.3 Å². The lowest BCUT2D eigenvalue weighted by atomic mass is 10.0. The first-order valence-electron chi connectivity index (χ1n) is 11.4. The number of rotatable bonds is 10. The summed E-state index contributed by atoms with van der Waals surface area (Å²) in [5.74, 6) is -1.70. The summed E-state index contributed by atoms with van der Waals surface area (Å²) < 4.78 is 76.6. The van der Waals surface area contributed by atoms with E-state index in [2.05, 4.69) is 5.32 Å². The molecule has 0 aromatic heterocycles. The first kappa shape index (κ1) is 29.6. The fraction of sp³-hybridized carbons (Fsp3) is 0.259. The highest BCUT2D eigenvalue weighted by molar-refractivity contribution is 7.91. The van der Waals surface area contributed by atoms with E-state index in [-0.39, 0.29) is 23.8 Å². The molecule has 0 aliphatic carbocycles. The average molecular weight is 563 g/mol. The van der Waals surface area contributed by atoms with E-state index < -0.39 is 44.4 Å². The molecule has 3 aromatic rings. The van der Waals surface area contributed by atoms with Crippen molar-refractivity contribution in [1.82, 2.24) is 0 Å². The molecule has 0 aliphatic rings. The molecule has 0 bridgehead atoms. The molecule has 0 saturated carbocycles.